The quantitative estimate of drug-likeness (QED) is 0.576. The predicted molar refractivity (Wildman–Crippen MR) is 97.8 cm³/mol. The number of aromatic nitrogens is 2. The Labute approximate surface area is 153 Å². The number of hydrogen-bond acceptors (Lipinski definition) is 5. The maximum Gasteiger partial charge on any atom is 0.270 e. The zero-order valence-electron chi connectivity index (χ0n) is 12.8. The molecule has 0 aliphatic heterocycles. The number of para-hydroxylation sites is 1. The third-order valence-corrected chi connectivity index (χ3v) is 6.19. The van der Waals surface area contributed by atoms with Crippen LogP contribution in [0.15, 0.2) is 52.9 Å². The summed E-state index contributed by atoms with van der Waals surface area (Å²) in [4.78, 5) is 16.0. The highest BCUT2D eigenvalue weighted by molar-refractivity contribution is 7.91. The zero-order chi connectivity index (χ0) is 18.0. The van der Waals surface area contributed by atoms with Crippen LogP contribution in [-0.2, 0) is 16.6 Å². The van der Waals surface area contributed by atoms with Crippen LogP contribution < -0.4 is 10.5 Å². The van der Waals surface area contributed by atoms with Crippen LogP contribution in [0.4, 0.5) is 0 Å². The molecular formula is C15H14N4O3S3. The number of nitrogens with two attached hydrogens (primary N) is 1. The van der Waals surface area contributed by atoms with Gasteiger partial charge in [-0.2, -0.15) is 0 Å². The Balaban J connectivity index is 1.79. The van der Waals surface area contributed by atoms with Crippen molar-refractivity contribution in [1.29, 1.82) is 0 Å². The molecule has 0 unspecified atom stereocenters. The Bertz CT molecular complexity index is 1060. The standard InChI is InChI=1S/C15H14N4O3S3/c16-25(21,22)13-7-6-11(24-13)8-17-14(20)12-9-18-15(23)19(12)10-4-2-1-3-5-10/h1-7,9H,8H2,(H,17,20)(H,18,23)(H2,16,21,22). The Hall–Kier alpha value is -2.27. The van der Waals surface area contributed by atoms with Gasteiger partial charge in [0.25, 0.3) is 5.91 Å². The normalized spacial score (nSPS) is 11.4. The lowest BCUT2D eigenvalue weighted by Gasteiger charge is -2.08. The van der Waals surface area contributed by atoms with E-state index in [4.69, 9.17) is 17.4 Å². The fourth-order valence-corrected chi connectivity index (χ4v) is 4.21. The summed E-state index contributed by atoms with van der Waals surface area (Å²) in [6.45, 7) is 0.186. The number of amides is 1. The van der Waals surface area contributed by atoms with E-state index in [1.165, 1.54) is 12.3 Å². The van der Waals surface area contributed by atoms with Crippen molar-refractivity contribution in [3.8, 4) is 5.69 Å². The van der Waals surface area contributed by atoms with Crippen LogP contribution in [0.3, 0.4) is 0 Å². The van der Waals surface area contributed by atoms with Crippen LogP contribution >= 0.6 is 23.6 Å². The second-order valence-corrected chi connectivity index (χ2v) is 8.44. The fourth-order valence-electron chi connectivity index (χ4n) is 2.23. The molecule has 4 N–H and O–H groups in total. The summed E-state index contributed by atoms with van der Waals surface area (Å²) in [5, 5.41) is 7.83. The number of carbonyl (C=O) groups is 1. The van der Waals surface area contributed by atoms with Gasteiger partial charge in [0.15, 0.2) is 4.77 Å². The minimum atomic E-state index is -3.73. The van der Waals surface area contributed by atoms with Gasteiger partial charge in [-0.05, 0) is 36.5 Å². The first-order valence-corrected chi connectivity index (χ1v) is 9.89. The molecule has 2 aromatic heterocycles. The summed E-state index contributed by atoms with van der Waals surface area (Å²) in [7, 11) is -3.73. The maximum atomic E-state index is 12.5. The molecule has 0 saturated carbocycles. The van der Waals surface area contributed by atoms with E-state index in [9.17, 15) is 13.2 Å². The van der Waals surface area contributed by atoms with Crippen molar-refractivity contribution in [2.45, 2.75) is 10.8 Å². The molecule has 10 heteroatoms. The van der Waals surface area contributed by atoms with Gasteiger partial charge in [0.1, 0.15) is 9.90 Å². The molecule has 0 spiro atoms. The number of hydrogen-bond donors (Lipinski definition) is 3. The lowest BCUT2D eigenvalue weighted by atomic mass is 10.3. The van der Waals surface area contributed by atoms with E-state index in [0.717, 1.165) is 17.0 Å². The topological polar surface area (TPSA) is 110 Å². The molecule has 7 nitrogen and oxygen atoms in total. The molecule has 130 valence electrons. The van der Waals surface area contributed by atoms with Gasteiger partial charge in [-0.3, -0.25) is 9.36 Å². The van der Waals surface area contributed by atoms with Crippen LogP contribution in [0, 0.1) is 4.77 Å². The van der Waals surface area contributed by atoms with E-state index in [0.29, 0.717) is 15.3 Å². The third kappa shape index (κ3) is 3.87. The number of H-pyrrole nitrogens is 1. The van der Waals surface area contributed by atoms with Crippen molar-refractivity contribution in [3.63, 3.8) is 0 Å². The second kappa shape index (κ2) is 6.92. The van der Waals surface area contributed by atoms with Crippen LogP contribution in [-0.4, -0.2) is 23.9 Å². The summed E-state index contributed by atoms with van der Waals surface area (Å²) < 4.78 is 24.7. The van der Waals surface area contributed by atoms with E-state index in [1.54, 1.807) is 10.6 Å². The van der Waals surface area contributed by atoms with Crippen LogP contribution in [0.5, 0.6) is 0 Å². The van der Waals surface area contributed by atoms with Gasteiger partial charge in [0.2, 0.25) is 10.0 Å². The number of carbonyl (C=O) groups excluding carboxylic acids is 1. The summed E-state index contributed by atoms with van der Waals surface area (Å²) in [6.07, 6.45) is 1.54. The molecule has 0 atom stereocenters. The smallest absolute Gasteiger partial charge is 0.270 e. The fraction of sp³-hybridized carbons (Fsp3) is 0.0667. The van der Waals surface area contributed by atoms with E-state index in [2.05, 4.69) is 10.3 Å². The molecule has 2 heterocycles. The minimum absolute atomic E-state index is 0.0607. The second-order valence-electron chi connectivity index (χ2n) is 5.10. The highest BCUT2D eigenvalue weighted by Gasteiger charge is 2.15. The van der Waals surface area contributed by atoms with Gasteiger partial charge in [-0.15, -0.1) is 11.3 Å². The SMILES string of the molecule is NS(=O)(=O)c1ccc(CNC(=O)c2c[nH]c(=S)n2-c2ccccc2)s1. The van der Waals surface area contributed by atoms with E-state index >= 15 is 0 Å². The molecule has 0 aliphatic carbocycles. The molecule has 3 aromatic rings. The van der Waals surface area contributed by atoms with Crippen molar-refractivity contribution in [2.75, 3.05) is 0 Å². The molecule has 0 aliphatic rings. The van der Waals surface area contributed by atoms with Crippen molar-refractivity contribution in [2.24, 2.45) is 5.14 Å². The third-order valence-electron chi connectivity index (χ3n) is 3.36. The number of thiophene rings is 1. The number of rotatable bonds is 5. The van der Waals surface area contributed by atoms with Crippen molar-refractivity contribution < 1.29 is 13.2 Å². The first-order chi connectivity index (χ1) is 11.9. The van der Waals surface area contributed by atoms with Gasteiger partial charge in [-0.25, -0.2) is 13.6 Å². The Morgan fingerprint density at radius 2 is 1.96 bits per heavy atom. The average Bonchev–Trinajstić information content (AvgIpc) is 3.20. The van der Waals surface area contributed by atoms with Crippen LogP contribution in [0.1, 0.15) is 15.4 Å². The first-order valence-electron chi connectivity index (χ1n) is 7.12. The lowest BCUT2D eigenvalue weighted by molar-refractivity contribution is 0.0944. The summed E-state index contributed by atoms with van der Waals surface area (Å²) in [5.41, 5.74) is 1.13. The highest BCUT2D eigenvalue weighted by Crippen LogP contribution is 2.20. The van der Waals surface area contributed by atoms with Crippen LogP contribution in [0.25, 0.3) is 5.69 Å². The van der Waals surface area contributed by atoms with Crippen molar-refractivity contribution in [1.82, 2.24) is 14.9 Å². The molecule has 1 aromatic carbocycles. The van der Waals surface area contributed by atoms with Gasteiger partial charge in [-0.1, -0.05) is 18.2 Å². The van der Waals surface area contributed by atoms with Gasteiger partial charge in [0.05, 0.1) is 6.54 Å². The van der Waals surface area contributed by atoms with E-state index in [1.807, 2.05) is 30.3 Å². The van der Waals surface area contributed by atoms with Gasteiger partial charge >= 0.3 is 0 Å². The number of sulfonamides is 1. The lowest BCUT2D eigenvalue weighted by Crippen LogP contribution is -2.24. The van der Waals surface area contributed by atoms with E-state index < -0.39 is 10.0 Å². The average molecular weight is 395 g/mol. The minimum Gasteiger partial charge on any atom is -0.346 e. The molecule has 0 saturated heterocycles. The Morgan fingerprint density at radius 3 is 2.60 bits per heavy atom. The summed E-state index contributed by atoms with van der Waals surface area (Å²) in [5.74, 6) is -0.332. The number of nitrogens with one attached hydrogen (secondary N) is 2. The number of imidazole rings is 1. The summed E-state index contributed by atoms with van der Waals surface area (Å²) >= 11 is 6.26. The predicted octanol–water partition coefficient (Wildman–Crippen LogP) is 2.17. The molecule has 0 bridgehead atoms. The molecule has 0 fully saturated rings. The van der Waals surface area contributed by atoms with Crippen molar-refractivity contribution in [3.05, 3.63) is 64.0 Å². The molecule has 1 amide bonds. The van der Waals surface area contributed by atoms with Gasteiger partial charge in [0, 0.05) is 16.8 Å². The Kier molecular flexibility index (Phi) is 4.86. The first kappa shape index (κ1) is 17.5. The zero-order valence-corrected chi connectivity index (χ0v) is 15.2. The highest BCUT2D eigenvalue weighted by atomic mass is 32.2. The number of benzene rings is 1. The molecular weight excluding hydrogens is 380 g/mol. The van der Waals surface area contributed by atoms with Crippen molar-refractivity contribution >= 4 is 39.5 Å². The largest absolute Gasteiger partial charge is 0.346 e. The Morgan fingerprint density at radius 1 is 1.24 bits per heavy atom. The maximum absolute atomic E-state index is 12.5. The number of nitrogens with zero attached hydrogens (tertiary/aromatic N) is 1. The van der Waals surface area contributed by atoms with Gasteiger partial charge < -0.3 is 10.3 Å². The number of primary sulfonamides is 1. The molecule has 0 radical (unpaired) electrons. The summed E-state index contributed by atoms with van der Waals surface area (Å²) in [6, 6.07) is 12.3. The monoisotopic (exact) mass is 394 g/mol. The number of aromatic amines is 1. The van der Waals surface area contributed by atoms with E-state index in [-0.39, 0.29) is 16.7 Å². The molecule has 25 heavy (non-hydrogen) atoms. The molecule has 3 rings (SSSR count). The van der Waals surface area contributed by atoms with Crippen LogP contribution in [0.2, 0.25) is 0 Å².